The quantitative estimate of drug-likeness (QED) is 0.397. The third kappa shape index (κ3) is 9.14. The zero-order valence-corrected chi connectivity index (χ0v) is 13.8. The number of esters is 1. The molecule has 1 unspecified atom stereocenters. The topological polar surface area (TPSA) is 89.9 Å². The zero-order valence-electron chi connectivity index (χ0n) is 12.0. The van der Waals surface area contributed by atoms with Crippen molar-refractivity contribution in [1.82, 2.24) is 0 Å². The summed E-state index contributed by atoms with van der Waals surface area (Å²) in [6, 6.07) is 0. The first-order valence-electron chi connectivity index (χ1n) is 6.24. The number of carbonyl (C=O) groups is 1. The molecule has 0 saturated carbocycles. The maximum atomic E-state index is 11.3. The minimum atomic E-state index is -4.06. The van der Waals surface area contributed by atoms with Crippen LogP contribution in [0, 0.1) is 0 Å². The first-order valence-corrected chi connectivity index (χ1v) is 10.8. The molecule has 8 heteroatoms. The van der Waals surface area contributed by atoms with Crippen molar-refractivity contribution in [2.75, 3.05) is 19.5 Å². The number of ether oxygens (including phenoxy) is 1. The molecule has 0 fully saturated rings. The maximum Gasteiger partial charge on any atom is 0.305 e. The molecular formula is C11H24O6SSi. The molecule has 1 atom stereocenters. The summed E-state index contributed by atoms with van der Waals surface area (Å²) in [4.78, 5) is 11.3. The summed E-state index contributed by atoms with van der Waals surface area (Å²) in [5.41, 5.74) is 0.433. The normalized spacial score (nSPS) is 14.2. The highest BCUT2D eigenvalue weighted by Gasteiger charge is 2.28. The summed E-state index contributed by atoms with van der Waals surface area (Å²) in [6.07, 6.45) is 1.82. The van der Waals surface area contributed by atoms with Crippen molar-refractivity contribution in [3.05, 3.63) is 0 Å². The Morgan fingerprint density at radius 2 is 1.95 bits per heavy atom. The summed E-state index contributed by atoms with van der Waals surface area (Å²) >= 11 is 0. The Labute approximate surface area is 116 Å². The maximum absolute atomic E-state index is 11.3. The third-order valence-corrected chi connectivity index (χ3v) is 7.73. The Hall–Kier alpha value is -0.443. The summed E-state index contributed by atoms with van der Waals surface area (Å²) in [6.45, 7) is 6.06. The molecule has 0 heterocycles. The Morgan fingerprint density at radius 3 is 2.42 bits per heavy atom. The van der Waals surface area contributed by atoms with Gasteiger partial charge in [-0.25, -0.2) is 0 Å². The van der Waals surface area contributed by atoms with Crippen LogP contribution in [0.5, 0.6) is 0 Å². The highest BCUT2D eigenvalue weighted by molar-refractivity contribution is 7.85. The van der Waals surface area contributed by atoms with Crippen LogP contribution in [0.2, 0.25) is 18.6 Å². The van der Waals surface area contributed by atoms with Crippen molar-refractivity contribution in [2.45, 2.75) is 44.8 Å². The molecule has 0 aliphatic carbocycles. The van der Waals surface area contributed by atoms with Gasteiger partial charge in [-0.15, -0.1) is 0 Å². The standard InChI is InChI=1S/C11H24O6SSi/c1-10(19(3,4)16-2)6-5-7-11(12)17-8-9-18(13,14)15/h10H,5-9H2,1-4H3,(H,13,14,15). The number of hydrogen-bond donors (Lipinski definition) is 1. The fourth-order valence-corrected chi connectivity index (χ4v) is 3.03. The fraction of sp³-hybridized carbons (Fsp3) is 0.909. The lowest BCUT2D eigenvalue weighted by molar-refractivity contribution is -0.143. The van der Waals surface area contributed by atoms with E-state index in [2.05, 4.69) is 20.0 Å². The highest BCUT2D eigenvalue weighted by Crippen LogP contribution is 2.27. The molecular weight excluding hydrogens is 288 g/mol. The monoisotopic (exact) mass is 312 g/mol. The molecule has 0 aromatic carbocycles. The molecule has 0 spiro atoms. The lowest BCUT2D eigenvalue weighted by Crippen LogP contribution is -2.33. The van der Waals surface area contributed by atoms with E-state index in [4.69, 9.17) is 13.7 Å². The Balaban J connectivity index is 3.81. The second-order valence-electron chi connectivity index (χ2n) is 5.11. The Kier molecular flexibility index (Phi) is 7.79. The van der Waals surface area contributed by atoms with Gasteiger partial charge in [0.1, 0.15) is 12.4 Å². The van der Waals surface area contributed by atoms with E-state index < -0.39 is 30.2 Å². The molecule has 0 radical (unpaired) electrons. The predicted molar refractivity (Wildman–Crippen MR) is 75.1 cm³/mol. The van der Waals surface area contributed by atoms with E-state index in [9.17, 15) is 13.2 Å². The molecule has 114 valence electrons. The van der Waals surface area contributed by atoms with Crippen molar-refractivity contribution < 1.29 is 26.9 Å². The van der Waals surface area contributed by atoms with E-state index >= 15 is 0 Å². The van der Waals surface area contributed by atoms with Crippen LogP contribution in [-0.4, -0.2) is 46.7 Å². The van der Waals surface area contributed by atoms with Gasteiger partial charge < -0.3 is 9.16 Å². The van der Waals surface area contributed by atoms with Crippen LogP contribution in [0.1, 0.15) is 26.2 Å². The van der Waals surface area contributed by atoms with Gasteiger partial charge >= 0.3 is 5.97 Å². The van der Waals surface area contributed by atoms with E-state index in [0.717, 1.165) is 6.42 Å². The molecule has 0 rings (SSSR count). The average molecular weight is 312 g/mol. The number of hydrogen-bond acceptors (Lipinski definition) is 5. The highest BCUT2D eigenvalue weighted by atomic mass is 32.2. The predicted octanol–water partition coefficient (Wildman–Crippen LogP) is 1.83. The van der Waals surface area contributed by atoms with Crippen molar-refractivity contribution in [1.29, 1.82) is 0 Å². The van der Waals surface area contributed by atoms with Crippen LogP contribution < -0.4 is 0 Å². The minimum absolute atomic E-state index is 0.254. The molecule has 0 amide bonds. The molecule has 0 bridgehead atoms. The van der Waals surface area contributed by atoms with Crippen molar-refractivity contribution >= 4 is 24.4 Å². The Bertz CT molecular complexity index is 379. The molecule has 0 aromatic heterocycles. The van der Waals surface area contributed by atoms with Gasteiger partial charge in [-0.2, -0.15) is 8.42 Å². The van der Waals surface area contributed by atoms with Gasteiger partial charge in [0.05, 0.1) is 0 Å². The first-order chi connectivity index (χ1) is 8.58. The van der Waals surface area contributed by atoms with Crippen LogP contribution in [0.3, 0.4) is 0 Å². The second kappa shape index (κ2) is 7.98. The van der Waals surface area contributed by atoms with Crippen molar-refractivity contribution in [3.63, 3.8) is 0 Å². The molecule has 19 heavy (non-hydrogen) atoms. The summed E-state index contributed by atoms with van der Waals surface area (Å²) in [5, 5.41) is 0. The second-order valence-corrected chi connectivity index (χ2v) is 11.3. The van der Waals surface area contributed by atoms with Crippen LogP contribution in [-0.2, 0) is 24.1 Å². The van der Waals surface area contributed by atoms with E-state index in [1.807, 2.05) is 0 Å². The van der Waals surface area contributed by atoms with Gasteiger partial charge in [0.15, 0.2) is 8.32 Å². The number of rotatable bonds is 9. The van der Waals surface area contributed by atoms with Crippen LogP contribution in [0.25, 0.3) is 0 Å². The molecule has 6 nitrogen and oxygen atoms in total. The molecule has 0 saturated heterocycles. The van der Waals surface area contributed by atoms with Gasteiger partial charge in [0.2, 0.25) is 0 Å². The van der Waals surface area contributed by atoms with Crippen molar-refractivity contribution in [3.8, 4) is 0 Å². The molecule has 0 aliphatic heterocycles. The molecule has 0 aliphatic rings. The molecule has 0 aromatic rings. The van der Waals surface area contributed by atoms with E-state index in [1.54, 1.807) is 7.11 Å². The van der Waals surface area contributed by atoms with Gasteiger partial charge in [0.25, 0.3) is 10.1 Å². The van der Waals surface area contributed by atoms with Gasteiger partial charge in [-0.1, -0.05) is 13.3 Å². The fourth-order valence-electron chi connectivity index (χ4n) is 1.43. The molecule has 1 N–H and O–H groups in total. The smallest absolute Gasteiger partial charge is 0.305 e. The average Bonchev–Trinajstić information content (AvgIpc) is 2.27. The van der Waals surface area contributed by atoms with Crippen molar-refractivity contribution in [2.24, 2.45) is 0 Å². The van der Waals surface area contributed by atoms with E-state index in [-0.39, 0.29) is 13.0 Å². The summed E-state index contributed by atoms with van der Waals surface area (Å²) in [5.74, 6) is -0.994. The largest absolute Gasteiger partial charge is 0.464 e. The van der Waals surface area contributed by atoms with Crippen LogP contribution >= 0.6 is 0 Å². The minimum Gasteiger partial charge on any atom is -0.464 e. The van der Waals surface area contributed by atoms with Crippen LogP contribution in [0.4, 0.5) is 0 Å². The SMILES string of the molecule is CO[Si](C)(C)C(C)CCCC(=O)OCCS(=O)(=O)O. The lowest BCUT2D eigenvalue weighted by atomic mass is 10.2. The summed E-state index contributed by atoms with van der Waals surface area (Å²) in [7, 11) is -4.02. The zero-order chi connectivity index (χ0) is 15.1. The summed E-state index contributed by atoms with van der Waals surface area (Å²) < 4.78 is 39.5. The van der Waals surface area contributed by atoms with E-state index in [1.165, 1.54) is 0 Å². The van der Waals surface area contributed by atoms with Gasteiger partial charge in [-0.3, -0.25) is 9.35 Å². The van der Waals surface area contributed by atoms with Gasteiger partial charge in [0, 0.05) is 13.5 Å². The van der Waals surface area contributed by atoms with Gasteiger partial charge in [-0.05, 0) is 25.1 Å². The third-order valence-electron chi connectivity index (χ3n) is 3.34. The van der Waals surface area contributed by atoms with Crippen LogP contribution in [0.15, 0.2) is 0 Å². The first kappa shape index (κ1) is 18.6. The lowest BCUT2D eigenvalue weighted by Gasteiger charge is -2.27. The Morgan fingerprint density at radius 1 is 1.37 bits per heavy atom. The van der Waals surface area contributed by atoms with E-state index in [0.29, 0.717) is 12.0 Å². The number of carbonyl (C=O) groups excluding carboxylic acids is 1.